The monoisotopic (exact) mass is 488 g/mol. The molecule has 1 aromatic carbocycles. The van der Waals surface area contributed by atoms with Crippen LogP contribution in [0.25, 0.3) is 10.9 Å². The smallest absolute Gasteiger partial charge is 0.320 e. The molecule has 2 atom stereocenters. The molecular weight excluding hydrogens is 466 g/mol. The van der Waals surface area contributed by atoms with Crippen molar-refractivity contribution in [2.24, 2.45) is 5.73 Å². The average molecular weight is 488 g/mol. The number of nitrogens with two attached hydrogens (primary N) is 1. The Morgan fingerprint density at radius 3 is 2.74 bits per heavy atom. The molecule has 0 radical (unpaired) electrons. The van der Waals surface area contributed by atoms with E-state index in [0.29, 0.717) is 5.39 Å². The number of likely N-dealkylation sites (tertiary alicyclic amines) is 1. The number of amides is 3. The number of alkyl halides is 2. The molecule has 3 amide bonds. The van der Waals surface area contributed by atoms with Crippen LogP contribution in [0.2, 0.25) is 0 Å². The van der Waals surface area contributed by atoms with E-state index in [9.17, 15) is 28.0 Å². The highest BCUT2D eigenvalue weighted by Gasteiger charge is 2.47. The second-order valence-corrected chi connectivity index (χ2v) is 8.00. The van der Waals surface area contributed by atoms with E-state index in [1.165, 1.54) is 12.3 Å². The molecule has 2 heterocycles. The third kappa shape index (κ3) is 6.04. The van der Waals surface area contributed by atoms with Gasteiger partial charge in [0.1, 0.15) is 12.1 Å². The molecule has 1 aliphatic rings. The molecule has 184 valence electrons. The fourth-order valence-electron chi connectivity index (χ4n) is 3.64. The lowest BCUT2D eigenvalue weighted by molar-refractivity contribution is -0.138. The number of carbonyl (C=O) groups is 4. The van der Waals surface area contributed by atoms with E-state index < -0.39 is 61.2 Å². The summed E-state index contributed by atoms with van der Waals surface area (Å²) in [7, 11) is 0. The summed E-state index contributed by atoms with van der Waals surface area (Å²) in [6.45, 7) is -1.48. The normalized spacial score (nSPS) is 17.4. The van der Waals surface area contributed by atoms with Crippen LogP contribution in [0.15, 0.2) is 30.5 Å². The van der Waals surface area contributed by atoms with Crippen molar-refractivity contribution in [3.05, 3.63) is 36.0 Å². The molecule has 11 nitrogen and oxygen atoms in total. The van der Waals surface area contributed by atoms with Gasteiger partial charge in [-0.3, -0.25) is 24.2 Å². The number of nitriles is 1. The number of pyridine rings is 1. The first-order valence-corrected chi connectivity index (χ1v) is 10.5. The highest BCUT2D eigenvalue weighted by Crippen LogP contribution is 2.31. The van der Waals surface area contributed by atoms with E-state index in [-0.39, 0.29) is 29.6 Å². The molecule has 13 heteroatoms. The predicted molar refractivity (Wildman–Crippen MR) is 118 cm³/mol. The molecule has 1 aliphatic heterocycles. The highest BCUT2D eigenvalue weighted by molar-refractivity contribution is 6.10. The molecule has 35 heavy (non-hydrogen) atoms. The number of para-hydroxylation sites is 1. The van der Waals surface area contributed by atoms with E-state index in [1.54, 1.807) is 24.3 Å². The highest BCUT2D eigenvalue weighted by atomic mass is 19.3. The molecule has 1 unspecified atom stereocenters. The van der Waals surface area contributed by atoms with Gasteiger partial charge in [0.05, 0.1) is 35.9 Å². The maximum Gasteiger partial charge on any atom is 0.320 e. The summed E-state index contributed by atoms with van der Waals surface area (Å²) in [5.41, 5.74) is 6.07. The molecule has 2 aromatic rings. The van der Waals surface area contributed by atoms with Crippen LogP contribution in [-0.4, -0.2) is 69.8 Å². The van der Waals surface area contributed by atoms with Gasteiger partial charge >= 0.3 is 5.97 Å². The van der Waals surface area contributed by atoms with Gasteiger partial charge in [-0.25, -0.2) is 8.78 Å². The van der Waals surface area contributed by atoms with Crippen LogP contribution in [0, 0.1) is 11.3 Å². The number of carboxylic acid groups (broad SMARTS) is 1. The minimum absolute atomic E-state index is 0.0728. The molecule has 1 aromatic heterocycles. The van der Waals surface area contributed by atoms with Crippen LogP contribution >= 0.6 is 0 Å². The second kappa shape index (κ2) is 10.4. The number of anilines is 1. The van der Waals surface area contributed by atoms with E-state index in [0.717, 1.165) is 4.90 Å². The molecule has 0 spiro atoms. The maximum absolute atomic E-state index is 13.6. The van der Waals surface area contributed by atoms with E-state index in [1.807, 2.05) is 0 Å². The summed E-state index contributed by atoms with van der Waals surface area (Å²) in [4.78, 5) is 53.1. The molecule has 0 bridgehead atoms. The number of nitrogens with one attached hydrogen (secondary N) is 2. The fraction of sp³-hybridized carbons (Fsp3) is 0.364. The predicted octanol–water partition coefficient (Wildman–Crippen LogP) is 0.855. The van der Waals surface area contributed by atoms with Crippen molar-refractivity contribution in [2.45, 2.75) is 37.3 Å². The number of nitrogens with zero attached hydrogens (tertiary/aromatic N) is 3. The number of carboxylic acids is 1. The Balaban J connectivity index is 1.70. The number of hydrogen-bond acceptors (Lipinski definition) is 7. The molecule has 5 N–H and O–H groups in total. The zero-order valence-corrected chi connectivity index (χ0v) is 18.3. The number of halogens is 2. The fourth-order valence-corrected chi connectivity index (χ4v) is 3.64. The molecule has 1 fully saturated rings. The van der Waals surface area contributed by atoms with Gasteiger partial charge in [-0.2, -0.15) is 5.26 Å². The van der Waals surface area contributed by atoms with Gasteiger partial charge in [0.25, 0.3) is 11.8 Å². The largest absolute Gasteiger partial charge is 0.480 e. The number of aromatic nitrogens is 1. The van der Waals surface area contributed by atoms with Crippen molar-refractivity contribution in [1.82, 2.24) is 15.2 Å². The third-order valence-electron chi connectivity index (χ3n) is 5.43. The summed E-state index contributed by atoms with van der Waals surface area (Å²) in [6.07, 6.45) is 0.346. The first-order valence-electron chi connectivity index (χ1n) is 10.5. The minimum atomic E-state index is -3.17. The number of aliphatic carboxylic acids is 1. The van der Waals surface area contributed by atoms with E-state index in [2.05, 4.69) is 15.6 Å². The van der Waals surface area contributed by atoms with Gasteiger partial charge < -0.3 is 26.4 Å². The minimum Gasteiger partial charge on any atom is -0.480 e. The van der Waals surface area contributed by atoms with Crippen LogP contribution in [-0.2, 0) is 14.4 Å². The Bertz CT molecular complexity index is 1210. The Morgan fingerprint density at radius 2 is 2.06 bits per heavy atom. The van der Waals surface area contributed by atoms with E-state index in [4.69, 9.17) is 16.1 Å². The van der Waals surface area contributed by atoms with Crippen LogP contribution in [0.5, 0.6) is 0 Å². The van der Waals surface area contributed by atoms with Crippen molar-refractivity contribution in [2.75, 3.05) is 18.4 Å². The van der Waals surface area contributed by atoms with Crippen molar-refractivity contribution in [1.29, 1.82) is 5.26 Å². The van der Waals surface area contributed by atoms with Crippen molar-refractivity contribution in [3.63, 3.8) is 0 Å². The number of rotatable bonds is 8. The Hall–Kier alpha value is -4.18. The van der Waals surface area contributed by atoms with Crippen LogP contribution in [0.4, 0.5) is 14.5 Å². The zero-order chi connectivity index (χ0) is 25.8. The summed E-state index contributed by atoms with van der Waals surface area (Å²) >= 11 is 0. The summed E-state index contributed by atoms with van der Waals surface area (Å²) in [6, 6.07) is 5.29. The number of benzene rings is 1. The van der Waals surface area contributed by atoms with Gasteiger partial charge in [-0.05, 0) is 18.6 Å². The van der Waals surface area contributed by atoms with Crippen molar-refractivity contribution < 1.29 is 33.1 Å². The molecule has 3 rings (SSSR count). The Morgan fingerprint density at radius 1 is 1.31 bits per heavy atom. The molecule has 1 saturated heterocycles. The van der Waals surface area contributed by atoms with Crippen molar-refractivity contribution in [3.8, 4) is 6.07 Å². The molecule has 0 saturated carbocycles. The number of fused-ring (bicyclic) bond motifs is 1. The van der Waals surface area contributed by atoms with Gasteiger partial charge in [-0.15, -0.1) is 0 Å². The Labute approximate surface area is 197 Å². The maximum atomic E-state index is 13.6. The van der Waals surface area contributed by atoms with Gasteiger partial charge in [0, 0.05) is 24.4 Å². The van der Waals surface area contributed by atoms with Crippen LogP contribution in [0.1, 0.15) is 29.6 Å². The van der Waals surface area contributed by atoms with Gasteiger partial charge in [0.15, 0.2) is 0 Å². The average Bonchev–Trinajstić information content (AvgIpc) is 3.15. The van der Waals surface area contributed by atoms with Gasteiger partial charge in [-0.1, -0.05) is 12.1 Å². The third-order valence-corrected chi connectivity index (χ3v) is 5.43. The second-order valence-electron chi connectivity index (χ2n) is 8.00. The molecular formula is C22H22F2N6O5. The first kappa shape index (κ1) is 25.4. The summed E-state index contributed by atoms with van der Waals surface area (Å²) < 4.78 is 27.2. The van der Waals surface area contributed by atoms with Gasteiger partial charge in [0.2, 0.25) is 11.8 Å². The number of carbonyl (C=O) groups excluding carboxylic acids is 3. The van der Waals surface area contributed by atoms with Crippen LogP contribution < -0.4 is 16.4 Å². The summed E-state index contributed by atoms with van der Waals surface area (Å²) in [5, 5.41) is 23.2. The first-order chi connectivity index (χ1) is 16.5. The molecule has 0 aliphatic carbocycles. The standard InChI is InChI=1S/C22H22F2N6O5/c23-22(24)8-12(9-25)30(11-22)18(32)10-28-20(33)14-6-7-27-19-13(14)2-1-3-16(19)29-17(31)5-4-15(26)21(34)35/h1-3,6-7,12,15H,4-5,8,10-11,26H2,(H,28,33)(H,29,31)(H,34,35)/t12-,15?/m0/s1. The quantitative estimate of drug-likeness (QED) is 0.422. The van der Waals surface area contributed by atoms with Crippen molar-refractivity contribution >= 4 is 40.3 Å². The Kier molecular flexibility index (Phi) is 7.55. The SMILES string of the molecule is N#C[C@@H]1CC(F)(F)CN1C(=O)CNC(=O)c1ccnc2c(NC(=O)CCC(N)C(=O)O)cccc12. The lowest BCUT2D eigenvalue weighted by Gasteiger charge is -2.19. The lowest BCUT2D eigenvalue weighted by atomic mass is 10.1. The lowest BCUT2D eigenvalue weighted by Crippen LogP contribution is -2.43. The summed E-state index contributed by atoms with van der Waals surface area (Å²) in [5.74, 6) is -6.37. The number of hydrogen-bond donors (Lipinski definition) is 4. The van der Waals surface area contributed by atoms with Crippen LogP contribution in [0.3, 0.4) is 0 Å². The topological polar surface area (TPSA) is 179 Å². The van der Waals surface area contributed by atoms with E-state index >= 15 is 0 Å². The zero-order valence-electron chi connectivity index (χ0n) is 18.3.